The third-order valence-electron chi connectivity index (χ3n) is 5.57. The third-order valence-corrected chi connectivity index (χ3v) is 5.57. The molecule has 2 bridgehead atoms. The van der Waals surface area contributed by atoms with E-state index in [1.54, 1.807) is 0 Å². The van der Waals surface area contributed by atoms with Gasteiger partial charge in [-0.1, -0.05) is 29.8 Å². The molecule has 1 aromatic carbocycles. The number of amides is 3. The highest BCUT2D eigenvalue weighted by molar-refractivity contribution is 6.07. The lowest BCUT2D eigenvalue weighted by Gasteiger charge is -2.27. The van der Waals surface area contributed by atoms with Crippen LogP contribution in [0.5, 0.6) is 0 Å². The van der Waals surface area contributed by atoms with E-state index >= 15 is 0 Å². The molecule has 3 amide bonds. The van der Waals surface area contributed by atoms with Gasteiger partial charge in [-0.15, -0.1) is 0 Å². The molecule has 5 nitrogen and oxygen atoms in total. The number of rotatable bonds is 3. The summed E-state index contributed by atoms with van der Waals surface area (Å²) >= 11 is 0. The number of fused-ring (bicyclic) bond motifs is 5. The molecule has 0 unspecified atom stereocenters. The third kappa shape index (κ3) is 2.11. The monoisotopic (exact) mass is 324 g/mol. The van der Waals surface area contributed by atoms with Gasteiger partial charge in [0.2, 0.25) is 17.7 Å². The first-order valence-corrected chi connectivity index (χ1v) is 8.35. The number of aryl methyl sites for hydroxylation is 1. The minimum Gasteiger partial charge on any atom is -0.294 e. The zero-order valence-corrected chi connectivity index (χ0v) is 13.8. The SMILES string of the molecule is CC(=O)N(CN1C(=O)[C@@H]2[C@H](C1=O)[C@H]1C=C[C@H]2C1)c1ccc(C)cc1. The second-order valence-corrected chi connectivity index (χ2v) is 7.03. The average molecular weight is 324 g/mol. The largest absolute Gasteiger partial charge is 0.294 e. The van der Waals surface area contributed by atoms with Gasteiger partial charge in [-0.05, 0) is 37.3 Å². The maximum absolute atomic E-state index is 12.8. The van der Waals surface area contributed by atoms with Crippen LogP contribution < -0.4 is 4.90 Å². The van der Waals surface area contributed by atoms with E-state index in [4.69, 9.17) is 0 Å². The summed E-state index contributed by atoms with van der Waals surface area (Å²) in [5.74, 6) is -0.505. The van der Waals surface area contributed by atoms with Crippen molar-refractivity contribution >= 4 is 23.4 Å². The fourth-order valence-electron chi connectivity index (χ4n) is 4.33. The molecule has 3 aliphatic rings. The number of hydrogen-bond acceptors (Lipinski definition) is 3. The Balaban J connectivity index is 1.60. The molecule has 5 heteroatoms. The van der Waals surface area contributed by atoms with Gasteiger partial charge in [-0.25, -0.2) is 0 Å². The second kappa shape index (κ2) is 5.30. The van der Waals surface area contributed by atoms with Crippen LogP contribution in [-0.2, 0) is 14.4 Å². The van der Waals surface area contributed by atoms with Crippen molar-refractivity contribution in [1.82, 2.24) is 4.90 Å². The lowest BCUT2D eigenvalue weighted by Crippen LogP contribution is -2.44. The number of likely N-dealkylation sites (tertiary alicyclic amines) is 1. The standard InChI is InChI=1S/C19H20N2O3/c1-11-3-7-15(8-4-11)20(12(2)22)10-21-18(23)16-13-5-6-14(9-13)17(16)19(21)24/h3-8,13-14,16-17H,9-10H2,1-2H3/t13-,14-,16-,17+/m0/s1. The fraction of sp³-hybridized carbons (Fsp3) is 0.421. The summed E-state index contributed by atoms with van der Waals surface area (Å²) in [6.07, 6.45) is 5.06. The van der Waals surface area contributed by atoms with Gasteiger partial charge in [0.25, 0.3) is 0 Å². The average Bonchev–Trinajstić information content (AvgIpc) is 3.22. The molecule has 124 valence electrons. The topological polar surface area (TPSA) is 57.7 Å². The number of nitrogens with zero attached hydrogens (tertiary/aromatic N) is 2. The molecule has 1 aromatic rings. The first-order chi connectivity index (χ1) is 11.5. The van der Waals surface area contributed by atoms with Gasteiger partial charge in [0.1, 0.15) is 6.67 Å². The van der Waals surface area contributed by atoms with Crippen molar-refractivity contribution in [2.75, 3.05) is 11.6 Å². The van der Waals surface area contributed by atoms with Crippen molar-refractivity contribution in [2.45, 2.75) is 20.3 Å². The Morgan fingerprint density at radius 3 is 2.12 bits per heavy atom. The molecule has 4 atom stereocenters. The molecule has 1 saturated carbocycles. The van der Waals surface area contributed by atoms with E-state index in [9.17, 15) is 14.4 Å². The van der Waals surface area contributed by atoms with E-state index in [-0.39, 0.29) is 48.1 Å². The maximum Gasteiger partial charge on any atom is 0.235 e. The Kier molecular flexibility index (Phi) is 3.34. The van der Waals surface area contributed by atoms with Crippen LogP contribution in [-0.4, -0.2) is 29.3 Å². The lowest BCUT2D eigenvalue weighted by atomic mass is 9.85. The highest BCUT2D eigenvalue weighted by Gasteiger charge is 2.59. The van der Waals surface area contributed by atoms with Gasteiger partial charge >= 0.3 is 0 Å². The molecule has 1 heterocycles. The molecule has 1 aliphatic heterocycles. The summed E-state index contributed by atoms with van der Waals surface area (Å²) in [4.78, 5) is 40.4. The zero-order chi connectivity index (χ0) is 17.0. The van der Waals surface area contributed by atoms with Crippen LogP contribution in [0.1, 0.15) is 18.9 Å². The number of hydrogen-bond donors (Lipinski definition) is 0. The summed E-state index contributed by atoms with van der Waals surface area (Å²) in [7, 11) is 0. The molecule has 2 aliphatic carbocycles. The van der Waals surface area contributed by atoms with E-state index in [0.717, 1.165) is 12.0 Å². The molecule has 2 fully saturated rings. The maximum atomic E-state index is 12.8. The molecule has 0 N–H and O–H groups in total. The lowest BCUT2D eigenvalue weighted by molar-refractivity contribution is -0.140. The Morgan fingerprint density at radius 1 is 1.08 bits per heavy atom. The summed E-state index contributed by atoms with van der Waals surface area (Å²) in [6.45, 7) is 3.43. The van der Waals surface area contributed by atoms with Gasteiger partial charge in [0.15, 0.2) is 0 Å². The second-order valence-electron chi connectivity index (χ2n) is 7.03. The van der Waals surface area contributed by atoms with E-state index < -0.39 is 0 Å². The van der Waals surface area contributed by atoms with Gasteiger partial charge in [-0.2, -0.15) is 0 Å². The van der Waals surface area contributed by atoms with Crippen LogP contribution in [0.3, 0.4) is 0 Å². The first kappa shape index (κ1) is 15.1. The van der Waals surface area contributed by atoms with Gasteiger partial charge in [0.05, 0.1) is 11.8 Å². The van der Waals surface area contributed by atoms with Crippen LogP contribution in [0, 0.1) is 30.6 Å². The van der Waals surface area contributed by atoms with Crippen molar-refractivity contribution in [3.05, 3.63) is 42.0 Å². The van der Waals surface area contributed by atoms with E-state index in [1.807, 2.05) is 31.2 Å². The number of anilines is 1. The number of imide groups is 1. The molecular weight excluding hydrogens is 304 g/mol. The molecule has 4 rings (SSSR count). The molecule has 0 aromatic heterocycles. The first-order valence-electron chi connectivity index (χ1n) is 8.35. The summed E-state index contributed by atoms with van der Waals surface area (Å²) in [5.41, 5.74) is 1.79. The van der Waals surface area contributed by atoms with Crippen LogP contribution in [0.2, 0.25) is 0 Å². The summed E-state index contributed by atoms with van der Waals surface area (Å²) in [5, 5.41) is 0. The molecule has 1 saturated heterocycles. The van der Waals surface area contributed by atoms with Crippen molar-refractivity contribution in [2.24, 2.45) is 23.7 Å². The Labute approximate surface area is 140 Å². The van der Waals surface area contributed by atoms with Gasteiger partial charge in [0, 0.05) is 12.6 Å². The Bertz CT molecular complexity index is 722. The molecule has 24 heavy (non-hydrogen) atoms. The number of benzene rings is 1. The van der Waals surface area contributed by atoms with Crippen LogP contribution in [0.25, 0.3) is 0 Å². The van der Waals surface area contributed by atoms with Crippen molar-refractivity contribution in [1.29, 1.82) is 0 Å². The zero-order valence-electron chi connectivity index (χ0n) is 13.8. The predicted octanol–water partition coefficient (Wildman–Crippen LogP) is 2.11. The summed E-state index contributed by atoms with van der Waals surface area (Å²) < 4.78 is 0. The van der Waals surface area contributed by atoms with Crippen LogP contribution in [0.4, 0.5) is 5.69 Å². The number of allylic oxidation sites excluding steroid dienone is 2. The Hall–Kier alpha value is -2.43. The number of carbonyl (C=O) groups is 3. The highest BCUT2D eigenvalue weighted by atomic mass is 16.2. The minimum atomic E-state index is -0.223. The van der Waals surface area contributed by atoms with Gasteiger partial charge < -0.3 is 0 Å². The van der Waals surface area contributed by atoms with E-state index in [1.165, 1.54) is 16.7 Å². The smallest absolute Gasteiger partial charge is 0.235 e. The van der Waals surface area contributed by atoms with Gasteiger partial charge in [-0.3, -0.25) is 24.2 Å². The van der Waals surface area contributed by atoms with Crippen molar-refractivity contribution < 1.29 is 14.4 Å². The molecule has 0 radical (unpaired) electrons. The van der Waals surface area contributed by atoms with Crippen molar-refractivity contribution in [3.63, 3.8) is 0 Å². The van der Waals surface area contributed by atoms with E-state index in [0.29, 0.717) is 5.69 Å². The summed E-state index contributed by atoms with van der Waals surface area (Å²) in [6, 6.07) is 7.51. The van der Waals surface area contributed by atoms with E-state index in [2.05, 4.69) is 12.2 Å². The van der Waals surface area contributed by atoms with Crippen LogP contribution in [0.15, 0.2) is 36.4 Å². The predicted molar refractivity (Wildman–Crippen MR) is 88.8 cm³/mol. The molecular formula is C19H20N2O3. The van der Waals surface area contributed by atoms with Crippen molar-refractivity contribution in [3.8, 4) is 0 Å². The highest BCUT2D eigenvalue weighted by Crippen LogP contribution is 2.52. The normalized spacial score (nSPS) is 30.2. The Morgan fingerprint density at radius 2 is 1.62 bits per heavy atom. The molecule has 0 spiro atoms. The fourth-order valence-corrected chi connectivity index (χ4v) is 4.33. The van der Waals surface area contributed by atoms with Crippen LogP contribution >= 0.6 is 0 Å². The quantitative estimate of drug-likeness (QED) is 0.632. The minimum absolute atomic E-state index is 0.00248. The number of carbonyl (C=O) groups excluding carboxylic acids is 3.